The van der Waals surface area contributed by atoms with Crippen molar-refractivity contribution < 1.29 is 17.6 Å². The minimum absolute atomic E-state index is 0.137. The molecule has 1 heterocycles. The first-order valence-corrected chi connectivity index (χ1v) is 7.86. The van der Waals surface area contributed by atoms with Crippen LogP contribution in [0.3, 0.4) is 0 Å². The third-order valence-corrected chi connectivity index (χ3v) is 3.51. The van der Waals surface area contributed by atoms with E-state index in [4.69, 9.17) is 0 Å². The summed E-state index contributed by atoms with van der Waals surface area (Å²) >= 11 is 0. The average molecular weight is 371 g/mol. The topological polar surface area (TPSA) is 44.3 Å². The van der Waals surface area contributed by atoms with E-state index in [1.54, 1.807) is 26.2 Å². The Morgan fingerprint density at radius 2 is 1.73 bits per heavy atom. The van der Waals surface area contributed by atoms with E-state index in [2.05, 4.69) is 15.3 Å². The van der Waals surface area contributed by atoms with Crippen molar-refractivity contribution in [2.24, 2.45) is 0 Å². The van der Waals surface area contributed by atoms with E-state index in [1.165, 1.54) is 11.0 Å². The molecule has 0 fully saturated rings. The zero-order valence-corrected chi connectivity index (χ0v) is 15.0. The molecule has 26 heavy (non-hydrogen) atoms. The number of hydrogen-bond donors (Lipinski definition) is 1. The summed E-state index contributed by atoms with van der Waals surface area (Å²) in [5.41, 5.74) is 0.204. The molecule has 0 saturated heterocycles. The second kappa shape index (κ2) is 7.86. The van der Waals surface area contributed by atoms with Crippen LogP contribution >= 0.6 is 0 Å². The Balaban J connectivity index is 2.22. The maximum absolute atomic E-state index is 13.8. The van der Waals surface area contributed by atoms with Gasteiger partial charge in [0.2, 0.25) is 5.95 Å². The van der Waals surface area contributed by atoms with Crippen LogP contribution in [0.25, 0.3) is 0 Å². The molecule has 142 valence electrons. The van der Waals surface area contributed by atoms with Crippen LogP contribution in [0.15, 0.2) is 24.3 Å². The predicted octanol–water partition coefficient (Wildman–Crippen LogP) is 3.37. The lowest BCUT2D eigenvalue weighted by Gasteiger charge is -2.16. The Kier molecular flexibility index (Phi) is 6.01. The van der Waals surface area contributed by atoms with Gasteiger partial charge in [0.05, 0.1) is 0 Å². The molecule has 0 radical (unpaired) electrons. The van der Waals surface area contributed by atoms with Gasteiger partial charge in [0.25, 0.3) is 0 Å². The summed E-state index contributed by atoms with van der Waals surface area (Å²) in [6.45, 7) is 0.597. The van der Waals surface area contributed by atoms with E-state index >= 15 is 0 Å². The lowest BCUT2D eigenvalue weighted by molar-refractivity contribution is -0.141. The third kappa shape index (κ3) is 5.29. The Morgan fingerprint density at radius 3 is 2.31 bits per heavy atom. The second-order valence-corrected chi connectivity index (χ2v) is 6.34. The smallest absolute Gasteiger partial charge is 0.363 e. The molecule has 0 aliphatic carbocycles. The maximum Gasteiger partial charge on any atom is 0.433 e. The molecule has 0 bridgehead atoms. The largest absolute Gasteiger partial charge is 0.433 e. The van der Waals surface area contributed by atoms with E-state index in [0.29, 0.717) is 12.1 Å². The van der Waals surface area contributed by atoms with E-state index in [-0.39, 0.29) is 24.1 Å². The Labute approximate surface area is 149 Å². The van der Waals surface area contributed by atoms with E-state index in [9.17, 15) is 17.6 Å². The van der Waals surface area contributed by atoms with Crippen LogP contribution in [0.1, 0.15) is 16.8 Å². The Hall–Kier alpha value is -2.42. The van der Waals surface area contributed by atoms with Crippen LogP contribution in [0.5, 0.6) is 0 Å². The summed E-state index contributed by atoms with van der Waals surface area (Å²) in [5, 5.41) is 2.78. The number of hydrogen-bond acceptors (Lipinski definition) is 5. The molecule has 0 aliphatic rings. The molecule has 0 saturated carbocycles. The maximum atomic E-state index is 13.8. The first kappa shape index (κ1) is 19.9. The molecule has 1 aromatic carbocycles. The van der Waals surface area contributed by atoms with Gasteiger partial charge in [0, 0.05) is 38.8 Å². The van der Waals surface area contributed by atoms with Crippen molar-refractivity contribution in [3.05, 3.63) is 46.9 Å². The fraction of sp³-hybridized carbons (Fsp3) is 0.412. The summed E-state index contributed by atoms with van der Waals surface area (Å²) in [7, 11) is 6.84. The molecule has 5 nitrogen and oxygen atoms in total. The number of anilines is 2. The molecule has 0 aliphatic heterocycles. The number of nitrogens with one attached hydrogen (secondary N) is 1. The highest BCUT2D eigenvalue weighted by Crippen LogP contribution is 2.30. The summed E-state index contributed by atoms with van der Waals surface area (Å²) in [6.07, 6.45) is -4.57. The number of benzene rings is 1. The SMILES string of the molecule is CN(C)Cc1cc(CNc2nc(N(C)C)cc(C(F)(F)F)n2)ccc1F. The number of rotatable bonds is 6. The fourth-order valence-electron chi connectivity index (χ4n) is 2.27. The molecule has 0 spiro atoms. The van der Waals surface area contributed by atoms with Gasteiger partial charge in [0.1, 0.15) is 11.6 Å². The Morgan fingerprint density at radius 1 is 1.04 bits per heavy atom. The summed E-state index contributed by atoms with van der Waals surface area (Å²) in [6, 6.07) is 5.47. The van der Waals surface area contributed by atoms with Gasteiger partial charge < -0.3 is 15.1 Å². The van der Waals surface area contributed by atoms with Gasteiger partial charge in [0.15, 0.2) is 5.69 Å². The van der Waals surface area contributed by atoms with Gasteiger partial charge in [-0.25, -0.2) is 9.37 Å². The molecule has 2 rings (SSSR count). The standard InChI is InChI=1S/C17H21F4N5/c1-25(2)10-12-7-11(5-6-13(12)18)9-22-16-23-14(17(19,20)21)8-15(24-16)26(3)4/h5-8H,9-10H2,1-4H3,(H,22,23,24). The number of aromatic nitrogens is 2. The van der Waals surface area contributed by atoms with Gasteiger partial charge in [-0.15, -0.1) is 0 Å². The highest BCUT2D eigenvalue weighted by molar-refractivity contribution is 5.44. The number of nitrogens with zero attached hydrogens (tertiary/aromatic N) is 4. The molecule has 0 unspecified atom stereocenters. The van der Waals surface area contributed by atoms with Crippen LogP contribution in [-0.2, 0) is 19.3 Å². The molecular weight excluding hydrogens is 350 g/mol. The number of alkyl halides is 3. The van der Waals surface area contributed by atoms with Crippen molar-refractivity contribution in [2.45, 2.75) is 19.3 Å². The first-order valence-electron chi connectivity index (χ1n) is 7.86. The van der Waals surface area contributed by atoms with E-state index < -0.39 is 11.9 Å². The quantitative estimate of drug-likeness (QED) is 0.789. The highest BCUT2D eigenvalue weighted by atomic mass is 19.4. The third-order valence-electron chi connectivity index (χ3n) is 3.51. The zero-order valence-electron chi connectivity index (χ0n) is 15.0. The summed E-state index contributed by atoms with van der Waals surface area (Å²) < 4.78 is 52.8. The second-order valence-electron chi connectivity index (χ2n) is 6.34. The van der Waals surface area contributed by atoms with Gasteiger partial charge in [-0.2, -0.15) is 18.2 Å². The van der Waals surface area contributed by atoms with Crippen molar-refractivity contribution in [3.8, 4) is 0 Å². The predicted molar refractivity (Wildman–Crippen MR) is 92.5 cm³/mol. The molecule has 2 aromatic rings. The molecule has 0 atom stereocenters. The Bertz CT molecular complexity index is 759. The van der Waals surface area contributed by atoms with E-state index in [0.717, 1.165) is 11.6 Å². The molecule has 1 N–H and O–H groups in total. The highest BCUT2D eigenvalue weighted by Gasteiger charge is 2.34. The molecule has 1 aromatic heterocycles. The average Bonchev–Trinajstić information content (AvgIpc) is 2.54. The monoisotopic (exact) mass is 371 g/mol. The number of halogens is 4. The van der Waals surface area contributed by atoms with Crippen LogP contribution in [0, 0.1) is 5.82 Å². The van der Waals surface area contributed by atoms with Gasteiger partial charge in [-0.3, -0.25) is 0 Å². The van der Waals surface area contributed by atoms with E-state index in [1.807, 2.05) is 19.0 Å². The lowest BCUT2D eigenvalue weighted by atomic mass is 10.1. The zero-order chi connectivity index (χ0) is 19.5. The van der Waals surface area contributed by atoms with Crippen LogP contribution in [0.4, 0.5) is 29.3 Å². The van der Waals surface area contributed by atoms with Crippen molar-refractivity contribution >= 4 is 11.8 Å². The van der Waals surface area contributed by atoms with Crippen LogP contribution in [0.2, 0.25) is 0 Å². The molecule has 9 heteroatoms. The van der Waals surface area contributed by atoms with Crippen molar-refractivity contribution in [2.75, 3.05) is 38.4 Å². The fourth-order valence-corrected chi connectivity index (χ4v) is 2.27. The lowest BCUT2D eigenvalue weighted by Crippen LogP contribution is -2.17. The van der Waals surface area contributed by atoms with Crippen LogP contribution < -0.4 is 10.2 Å². The van der Waals surface area contributed by atoms with Crippen molar-refractivity contribution in [1.82, 2.24) is 14.9 Å². The van der Waals surface area contributed by atoms with Gasteiger partial charge >= 0.3 is 6.18 Å². The van der Waals surface area contributed by atoms with Gasteiger partial charge in [-0.05, 0) is 31.8 Å². The molecule has 0 amide bonds. The molecular formula is C17H21F4N5. The van der Waals surface area contributed by atoms with Crippen molar-refractivity contribution in [3.63, 3.8) is 0 Å². The van der Waals surface area contributed by atoms with Gasteiger partial charge in [-0.1, -0.05) is 6.07 Å². The van der Waals surface area contributed by atoms with Crippen molar-refractivity contribution in [1.29, 1.82) is 0 Å². The summed E-state index contributed by atoms with van der Waals surface area (Å²) in [5.74, 6) is -0.322. The van der Waals surface area contributed by atoms with Crippen LogP contribution in [-0.4, -0.2) is 43.1 Å². The minimum atomic E-state index is -4.57. The normalized spacial score (nSPS) is 11.7. The summed E-state index contributed by atoms with van der Waals surface area (Å²) in [4.78, 5) is 10.9. The minimum Gasteiger partial charge on any atom is -0.363 e. The first-order chi connectivity index (χ1) is 12.1.